The van der Waals surface area contributed by atoms with Gasteiger partial charge in [0.05, 0.1) is 5.69 Å². The Balaban J connectivity index is 1.64. The van der Waals surface area contributed by atoms with Crippen LogP contribution < -0.4 is 0 Å². The third kappa shape index (κ3) is 1.68. The summed E-state index contributed by atoms with van der Waals surface area (Å²) in [4.78, 5) is 0. The van der Waals surface area contributed by atoms with Crippen LogP contribution in [-0.2, 0) is 6.54 Å². The van der Waals surface area contributed by atoms with Crippen molar-refractivity contribution in [3.63, 3.8) is 0 Å². The van der Waals surface area contributed by atoms with Gasteiger partial charge in [0, 0.05) is 18.7 Å². The molecule has 2 aliphatic carbocycles. The second-order valence-corrected chi connectivity index (χ2v) is 4.79. The predicted octanol–water partition coefficient (Wildman–Crippen LogP) is 2.35. The molecule has 3 heteroatoms. The van der Waals surface area contributed by atoms with E-state index in [-0.39, 0.29) is 0 Å². The van der Waals surface area contributed by atoms with Crippen LogP contribution in [0.3, 0.4) is 0 Å². The molecule has 1 aromatic rings. The minimum atomic E-state index is 0.743. The van der Waals surface area contributed by atoms with E-state index in [1.54, 1.807) is 0 Å². The van der Waals surface area contributed by atoms with E-state index in [1.165, 1.54) is 44.2 Å². The maximum absolute atomic E-state index is 4.23. The SMILES string of the molecule is c1c(C2CC2)nnn1CC1CCCC1. The third-order valence-electron chi connectivity index (χ3n) is 3.47. The maximum atomic E-state index is 4.23. The highest BCUT2D eigenvalue weighted by atomic mass is 15.4. The lowest BCUT2D eigenvalue weighted by molar-refractivity contribution is 0.421. The smallest absolute Gasteiger partial charge is 0.0857 e. The molecular formula is C11H17N3. The van der Waals surface area contributed by atoms with E-state index in [2.05, 4.69) is 21.2 Å². The Morgan fingerprint density at radius 2 is 2.00 bits per heavy atom. The molecule has 0 amide bonds. The van der Waals surface area contributed by atoms with Crippen LogP contribution in [0.25, 0.3) is 0 Å². The second-order valence-electron chi connectivity index (χ2n) is 4.79. The van der Waals surface area contributed by atoms with Crippen molar-refractivity contribution in [1.82, 2.24) is 15.0 Å². The van der Waals surface area contributed by atoms with E-state index in [0.29, 0.717) is 0 Å². The van der Waals surface area contributed by atoms with Crippen LogP contribution in [0.1, 0.15) is 50.1 Å². The molecule has 76 valence electrons. The Morgan fingerprint density at radius 3 is 2.71 bits per heavy atom. The number of hydrogen-bond donors (Lipinski definition) is 0. The maximum Gasteiger partial charge on any atom is 0.0857 e. The largest absolute Gasteiger partial charge is 0.252 e. The van der Waals surface area contributed by atoms with Crippen molar-refractivity contribution in [3.05, 3.63) is 11.9 Å². The van der Waals surface area contributed by atoms with Gasteiger partial charge in [-0.2, -0.15) is 0 Å². The summed E-state index contributed by atoms with van der Waals surface area (Å²) in [7, 11) is 0. The lowest BCUT2D eigenvalue weighted by Crippen LogP contribution is -2.07. The van der Waals surface area contributed by atoms with Crippen LogP contribution in [0, 0.1) is 5.92 Å². The molecule has 3 rings (SSSR count). The van der Waals surface area contributed by atoms with Gasteiger partial charge < -0.3 is 0 Å². The highest BCUT2D eigenvalue weighted by Crippen LogP contribution is 2.38. The molecule has 0 unspecified atom stereocenters. The van der Waals surface area contributed by atoms with Gasteiger partial charge in [-0.3, -0.25) is 4.68 Å². The fraction of sp³-hybridized carbons (Fsp3) is 0.818. The fourth-order valence-electron chi connectivity index (χ4n) is 2.43. The molecule has 1 aromatic heterocycles. The van der Waals surface area contributed by atoms with Crippen LogP contribution in [0.2, 0.25) is 0 Å². The summed E-state index contributed by atoms with van der Waals surface area (Å²) in [6.45, 7) is 1.10. The molecule has 0 spiro atoms. The van der Waals surface area contributed by atoms with Crippen molar-refractivity contribution in [3.8, 4) is 0 Å². The molecule has 0 saturated heterocycles. The highest BCUT2D eigenvalue weighted by molar-refractivity contribution is 5.08. The normalized spacial score (nSPS) is 23.1. The molecule has 0 aliphatic heterocycles. The number of rotatable bonds is 3. The second kappa shape index (κ2) is 3.37. The summed E-state index contributed by atoms with van der Waals surface area (Å²) < 4.78 is 2.06. The van der Waals surface area contributed by atoms with Crippen molar-refractivity contribution in [1.29, 1.82) is 0 Å². The van der Waals surface area contributed by atoms with Crippen molar-refractivity contribution in [2.24, 2.45) is 5.92 Å². The van der Waals surface area contributed by atoms with Crippen molar-refractivity contribution < 1.29 is 0 Å². The summed E-state index contributed by atoms with van der Waals surface area (Å²) in [5.41, 5.74) is 1.22. The number of aromatic nitrogens is 3. The summed E-state index contributed by atoms with van der Waals surface area (Å²) in [5, 5.41) is 8.44. The Kier molecular flexibility index (Phi) is 2.03. The van der Waals surface area contributed by atoms with Gasteiger partial charge in [0.1, 0.15) is 0 Å². The first-order valence-electron chi connectivity index (χ1n) is 5.82. The van der Waals surface area contributed by atoms with Gasteiger partial charge in [-0.1, -0.05) is 18.1 Å². The van der Waals surface area contributed by atoms with Crippen LogP contribution in [-0.4, -0.2) is 15.0 Å². The number of nitrogens with zero attached hydrogens (tertiary/aromatic N) is 3. The molecule has 0 atom stereocenters. The lowest BCUT2D eigenvalue weighted by atomic mass is 10.1. The standard InChI is InChI=1S/C11H17N3/c1-2-4-9(3-1)7-14-8-11(12-13-14)10-5-6-10/h8-10H,1-7H2. The molecule has 14 heavy (non-hydrogen) atoms. The zero-order valence-electron chi connectivity index (χ0n) is 8.52. The van der Waals surface area contributed by atoms with Gasteiger partial charge >= 0.3 is 0 Å². The molecule has 3 nitrogen and oxygen atoms in total. The summed E-state index contributed by atoms with van der Waals surface area (Å²) >= 11 is 0. The molecule has 0 N–H and O–H groups in total. The molecule has 2 aliphatic rings. The van der Waals surface area contributed by atoms with Crippen LogP contribution >= 0.6 is 0 Å². The van der Waals surface area contributed by atoms with Crippen molar-refractivity contribution >= 4 is 0 Å². The van der Waals surface area contributed by atoms with E-state index >= 15 is 0 Å². The molecule has 0 bridgehead atoms. The third-order valence-corrected chi connectivity index (χ3v) is 3.47. The quantitative estimate of drug-likeness (QED) is 0.734. The Hall–Kier alpha value is -0.860. The first kappa shape index (κ1) is 8.45. The average Bonchev–Trinajstić information content (AvgIpc) is 2.75. The van der Waals surface area contributed by atoms with E-state index in [4.69, 9.17) is 0 Å². The lowest BCUT2D eigenvalue weighted by Gasteiger charge is -2.06. The summed E-state index contributed by atoms with van der Waals surface area (Å²) in [6.07, 6.45) is 10.4. The van der Waals surface area contributed by atoms with Gasteiger partial charge in [0.15, 0.2) is 0 Å². The minimum Gasteiger partial charge on any atom is -0.252 e. The molecule has 0 aromatic carbocycles. The van der Waals surface area contributed by atoms with E-state index in [1.807, 2.05) is 0 Å². The zero-order chi connectivity index (χ0) is 9.38. The molecule has 0 radical (unpaired) electrons. The van der Waals surface area contributed by atoms with Gasteiger partial charge in [-0.05, 0) is 31.6 Å². The minimum absolute atomic E-state index is 0.743. The summed E-state index contributed by atoms with van der Waals surface area (Å²) in [5.74, 6) is 1.61. The average molecular weight is 191 g/mol. The van der Waals surface area contributed by atoms with E-state index in [9.17, 15) is 0 Å². The topological polar surface area (TPSA) is 30.7 Å². The fourth-order valence-corrected chi connectivity index (χ4v) is 2.43. The highest BCUT2D eigenvalue weighted by Gasteiger charge is 2.26. The van der Waals surface area contributed by atoms with Crippen LogP contribution in [0.15, 0.2) is 6.20 Å². The van der Waals surface area contributed by atoms with Gasteiger partial charge in [-0.25, -0.2) is 0 Å². The Labute approximate surface area is 84.5 Å². The van der Waals surface area contributed by atoms with E-state index in [0.717, 1.165) is 18.4 Å². The van der Waals surface area contributed by atoms with Gasteiger partial charge in [-0.15, -0.1) is 5.10 Å². The first-order chi connectivity index (χ1) is 6.92. The van der Waals surface area contributed by atoms with Gasteiger partial charge in [0.25, 0.3) is 0 Å². The molecule has 2 saturated carbocycles. The van der Waals surface area contributed by atoms with E-state index < -0.39 is 0 Å². The number of hydrogen-bond acceptors (Lipinski definition) is 2. The summed E-state index contributed by atoms with van der Waals surface area (Å²) in [6, 6.07) is 0. The van der Waals surface area contributed by atoms with Crippen molar-refractivity contribution in [2.75, 3.05) is 0 Å². The molecule has 2 fully saturated rings. The van der Waals surface area contributed by atoms with Crippen molar-refractivity contribution in [2.45, 2.75) is 51.0 Å². The first-order valence-corrected chi connectivity index (χ1v) is 5.82. The van der Waals surface area contributed by atoms with Crippen LogP contribution in [0.5, 0.6) is 0 Å². The van der Waals surface area contributed by atoms with Crippen LogP contribution in [0.4, 0.5) is 0 Å². The molecular weight excluding hydrogens is 174 g/mol. The Bertz CT molecular complexity index is 308. The van der Waals surface area contributed by atoms with Gasteiger partial charge in [0.2, 0.25) is 0 Å². The Morgan fingerprint density at radius 1 is 1.21 bits per heavy atom. The molecule has 1 heterocycles. The predicted molar refractivity (Wildman–Crippen MR) is 54.0 cm³/mol. The monoisotopic (exact) mass is 191 g/mol. The zero-order valence-corrected chi connectivity index (χ0v) is 8.52.